The molecule has 0 saturated carbocycles. The molecule has 4 heterocycles. The number of rotatable bonds is 3. The molecule has 130 valence electrons. The number of hydrogen-bond acceptors (Lipinski definition) is 4. The van der Waals surface area contributed by atoms with Crippen LogP contribution in [0.5, 0.6) is 0 Å². The number of fused-ring (bicyclic) bond motifs is 2. The second kappa shape index (κ2) is 6.17. The zero-order chi connectivity index (χ0) is 18.2. The molecular formula is C21H15N5O. The van der Waals surface area contributed by atoms with Crippen molar-refractivity contribution in [1.29, 1.82) is 0 Å². The van der Waals surface area contributed by atoms with E-state index in [2.05, 4.69) is 31.5 Å². The van der Waals surface area contributed by atoms with Gasteiger partial charge in [-0.2, -0.15) is 0 Å². The Morgan fingerprint density at radius 1 is 0.926 bits per heavy atom. The van der Waals surface area contributed by atoms with Crippen LogP contribution in [0.1, 0.15) is 5.56 Å². The van der Waals surface area contributed by atoms with Crippen molar-refractivity contribution in [2.75, 3.05) is 0 Å². The van der Waals surface area contributed by atoms with Crippen LogP contribution in [0, 0.1) is 0 Å². The maximum atomic E-state index is 12.4. The van der Waals surface area contributed by atoms with E-state index in [1.807, 2.05) is 48.8 Å². The molecule has 27 heavy (non-hydrogen) atoms. The van der Waals surface area contributed by atoms with E-state index in [0.717, 1.165) is 28.0 Å². The van der Waals surface area contributed by atoms with Gasteiger partial charge in [-0.25, -0.2) is 9.97 Å². The van der Waals surface area contributed by atoms with Gasteiger partial charge in [0.15, 0.2) is 0 Å². The monoisotopic (exact) mass is 353 g/mol. The summed E-state index contributed by atoms with van der Waals surface area (Å²) in [5.41, 5.74) is 5.36. The third kappa shape index (κ3) is 2.67. The van der Waals surface area contributed by atoms with Crippen molar-refractivity contribution in [3.8, 4) is 11.3 Å². The number of nitrogens with zero attached hydrogens (tertiary/aromatic N) is 5. The van der Waals surface area contributed by atoms with Gasteiger partial charge in [-0.05, 0) is 29.8 Å². The van der Waals surface area contributed by atoms with Crippen LogP contribution >= 0.6 is 0 Å². The molecule has 4 aromatic heterocycles. The highest BCUT2D eigenvalue weighted by Gasteiger charge is 2.08. The molecule has 0 saturated heterocycles. The minimum atomic E-state index is -0.131. The lowest BCUT2D eigenvalue weighted by molar-refractivity contribution is 0.786. The first kappa shape index (κ1) is 15.5. The number of aromatic nitrogens is 5. The van der Waals surface area contributed by atoms with Gasteiger partial charge < -0.3 is 4.57 Å². The summed E-state index contributed by atoms with van der Waals surface area (Å²) in [6.07, 6.45) is 8.56. The van der Waals surface area contributed by atoms with Crippen molar-refractivity contribution in [2.45, 2.75) is 6.54 Å². The molecule has 1 aromatic carbocycles. The molecule has 0 unspecified atom stereocenters. The van der Waals surface area contributed by atoms with Crippen LogP contribution in [-0.4, -0.2) is 23.9 Å². The largest absolute Gasteiger partial charge is 0.301 e. The van der Waals surface area contributed by atoms with Crippen LogP contribution in [0.4, 0.5) is 0 Å². The van der Waals surface area contributed by atoms with Gasteiger partial charge in [0, 0.05) is 18.0 Å². The van der Waals surface area contributed by atoms with E-state index < -0.39 is 0 Å². The molecule has 0 fully saturated rings. The number of imidazole rings is 1. The fourth-order valence-corrected chi connectivity index (χ4v) is 3.34. The van der Waals surface area contributed by atoms with Crippen LogP contribution in [0.3, 0.4) is 0 Å². The molecule has 0 atom stereocenters. The van der Waals surface area contributed by atoms with Crippen molar-refractivity contribution < 1.29 is 0 Å². The second-order valence-corrected chi connectivity index (χ2v) is 6.32. The van der Waals surface area contributed by atoms with Crippen LogP contribution in [0.25, 0.3) is 27.9 Å². The van der Waals surface area contributed by atoms with Crippen LogP contribution < -0.4 is 5.56 Å². The summed E-state index contributed by atoms with van der Waals surface area (Å²) in [7, 11) is 0. The standard InChI is InChI=1S/C21H15N5O/c27-21-13-23-17-11-22-8-7-18(17)26(21)14-15-4-3-5-16(10-15)19-12-24-20-6-1-2-9-25(19)20/h1-13H,14H2. The molecule has 0 aliphatic carbocycles. The van der Waals surface area contributed by atoms with Crippen LogP contribution in [0.15, 0.2) is 84.3 Å². The van der Waals surface area contributed by atoms with Gasteiger partial charge >= 0.3 is 0 Å². The molecule has 0 aliphatic heterocycles. The average molecular weight is 353 g/mol. The molecule has 5 aromatic rings. The van der Waals surface area contributed by atoms with E-state index in [-0.39, 0.29) is 5.56 Å². The fraction of sp³-hybridized carbons (Fsp3) is 0.0476. The van der Waals surface area contributed by atoms with E-state index in [1.54, 1.807) is 17.0 Å². The summed E-state index contributed by atoms with van der Waals surface area (Å²) >= 11 is 0. The molecule has 0 N–H and O–H groups in total. The Labute approximate surface area is 154 Å². The van der Waals surface area contributed by atoms with Crippen molar-refractivity contribution >= 4 is 16.7 Å². The SMILES string of the molecule is O=c1cnc2cnccc2n1Cc1cccc(-c2cnc3ccccn23)c1. The molecule has 5 rings (SSSR count). The van der Waals surface area contributed by atoms with Gasteiger partial charge in [0.2, 0.25) is 0 Å². The highest BCUT2D eigenvalue weighted by Crippen LogP contribution is 2.22. The Hall–Kier alpha value is -3.80. The maximum absolute atomic E-state index is 12.4. The minimum Gasteiger partial charge on any atom is -0.301 e. The fourth-order valence-electron chi connectivity index (χ4n) is 3.34. The Morgan fingerprint density at radius 3 is 2.85 bits per heavy atom. The van der Waals surface area contributed by atoms with Gasteiger partial charge in [-0.3, -0.25) is 14.2 Å². The van der Waals surface area contributed by atoms with E-state index in [1.165, 1.54) is 6.20 Å². The smallest absolute Gasteiger partial charge is 0.269 e. The Bertz CT molecular complexity index is 1340. The highest BCUT2D eigenvalue weighted by atomic mass is 16.1. The second-order valence-electron chi connectivity index (χ2n) is 6.32. The molecule has 6 heteroatoms. The first-order valence-corrected chi connectivity index (χ1v) is 8.60. The number of benzene rings is 1. The van der Waals surface area contributed by atoms with Gasteiger partial charge in [-0.15, -0.1) is 0 Å². The first-order chi connectivity index (χ1) is 13.3. The first-order valence-electron chi connectivity index (χ1n) is 8.60. The van der Waals surface area contributed by atoms with Crippen LogP contribution in [-0.2, 0) is 6.54 Å². The third-order valence-electron chi connectivity index (χ3n) is 4.63. The molecule has 0 radical (unpaired) electrons. The lowest BCUT2D eigenvalue weighted by atomic mass is 10.1. The van der Waals surface area contributed by atoms with Crippen molar-refractivity contribution in [3.63, 3.8) is 0 Å². The summed E-state index contributed by atoms with van der Waals surface area (Å²) in [6.45, 7) is 0.465. The summed E-state index contributed by atoms with van der Waals surface area (Å²) in [6, 6.07) is 15.9. The van der Waals surface area contributed by atoms with Crippen LogP contribution in [0.2, 0.25) is 0 Å². The normalized spacial score (nSPS) is 11.3. The molecular weight excluding hydrogens is 338 g/mol. The lowest BCUT2D eigenvalue weighted by Crippen LogP contribution is -2.21. The van der Waals surface area contributed by atoms with Gasteiger partial charge in [0.1, 0.15) is 11.2 Å². The predicted octanol–water partition coefficient (Wildman–Crippen LogP) is 3.15. The molecule has 6 nitrogen and oxygen atoms in total. The van der Waals surface area contributed by atoms with E-state index >= 15 is 0 Å². The summed E-state index contributed by atoms with van der Waals surface area (Å²) in [5, 5.41) is 0. The number of hydrogen-bond donors (Lipinski definition) is 0. The maximum Gasteiger partial charge on any atom is 0.269 e. The molecule has 0 bridgehead atoms. The van der Waals surface area contributed by atoms with E-state index in [9.17, 15) is 4.79 Å². The summed E-state index contributed by atoms with van der Waals surface area (Å²) in [4.78, 5) is 25.1. The van der Waals surface area contributed by atoms with Crippen molar-refractivity contribution in [3.05, 3.63) is 95.4 Å². The topological polar surface area (TPSA) is 65.1 Å². The van der Waals surface area contributed by atoms with Crippen molar-refractivity contribution in [1.82, 2.24) is 23.9 Å². The quantitative estimate of drug-likeness (QED) is 0.500. The molecule has 0 spiro atoms. The molecule has 0 aliphatic rings. The molecule has 0 amide bonds. The van der Waals surface area contributed by atoms with E-state index in [0.29, 0.717) is 12.1 Å². The zero-order valence-corrected chi connectivity index (χ0v) is 14.4. The third-order valence-corrected chi connectivity index (χ3v) is 4.63. The summed E-state index contributed by atoms with van der Waals surface area (Å²) < 4.78 is 3.77. The zero-order valence-electron chi connectivity index (χ0n) is 14.4. The predicted molar refractivity (Wildman–Crippen MR) is 104 cm³/mol. The van der Waals surface area contributed by atoms with E-state index in [4.69, 9.17) is 0 Å². The Kier molecular flexibility index (Phi) is 3.53. The summed E-state index contributed by atoms with van der Waals surface area (Å²) in [5.74, 6) is 0. The van der Waals surface area contributed by atoms with Gasteiger partial charge in [0.05, 0.1) is 36.3 Å². The Morgan fingerprint density at radius 2 is 1.89 bits per heavy atom. The van der Waals surface area contributed by atoms with Gasteiger partial charge in [0.25, 0.3) is 5.56 Å². The van der Waals surface area contributed by atoms with Crippen molar-refractivity contribution in [2.24, 2.45) is 0 Å². The Balaban J connectivity index is 1.60. The number of pyridine rings is 2. The van der Waals surface area contributed by atoms with Gasteiger partial charge in [-0.1, -0.05) is 24.3 Å². The average Bonchev–Trinajstić information content (AvgIpc) is 3.15. The highest BCUT2D eigenvalue weighted by molar-refractivity contribution is 5.73. The minimum absolute atomic E-state index is 0.131. The lowest BCUT2D eigenvalue weighted by Gasteiger charge is -2.10.